The maximum Gasteiger partial charge on any atom is 0.0847 e. The summed E-state index contributed by atoms with van der Waals surface area (Å²) in [5.41, 5.74) is 0. The number of nitrogens with one attached hydrogen (secondary N) is 1. The van der Waals surface area contributed by atoms with Gasteiger partial charge < -0.3 is 0 Å². The second kappa shape index (κ2) is 4.04. The first kappa shape index (κ1) is 8.11. The van der Waals surface area contributed by atoms with Crippen LogP contribution in [-0.4, -0.2) is 5.04 Å². The standard InChI is InChI=1S/C5H9NS2/c1-2-4(7)3-5(6)8/h3,7H,2H2,1H3,(H2,6,8)/b4-3-. The Balaban J connectivity index is 3.75. The molecule has 46 valence electrons. The predicted molar refractivity (Wildman–Crippen MR) is 44.1 cm³/mol. The molecule has 0 saturated heterocycles. The topological polar surface area (TPSA) is 23.9 Å². The number of hydrogen-bond donors (Lipinski definition) is 3. The lowest BCUT2D eigenvalue weighted by Gasteiger charge is -1.88. The monoisotopic (exact) mass is 147 g/mol. The highest BCUT2D eigenvalue weighted by atomic mass is 32.1. The van der Waals surface area contributed by atoms with Crippen molar-refractivity contribution in [2.45, 2.75) is 13.3 Å². The third-order valence-corrected chi connectivity index (χ3v) is 1.24. The Hall–Kier alpha value is 0.110. The van der Waals surface area contributed by atoms with Crippen LogP contribution in [0.25, 0.3) is 0 Å². The fourth-order valence-electron chi connectivity index (χ4n) is 0.260. The van der Waals surface area contributed by atoms with Crippen LogP contribution in [0.5, 0.6) is 0 Å². The van der Waals surface area contributed by atoms with E-state index in [1.165, 1.54) is 0 Å². The fraction of sp³-hybridized carbons (Fsp3) is 0.400. The Bertz CT molecular complexity index is 118. The second-order valence-corrected chi connectivity index (χ2v) is 2.43. The van der Waals surface area contributed by atoms with Crippen molar-refractivity contribution in [2.24, 2.45) is 0 Å². The molecule has 1 nitrogen and oxygen atoms in total. The smallest absolute Gasteiger partial charge is 0.0847 e. The van der Waals surface area contributed by atoms with Crippen molar-refractivity contribution in [1.29, 1.82) is 5.41 Å². The maximum atomic E-state index is 6.87. The lowest BCUT2D eigenvalue weighted by atomic mass is 10.4. The molecular weight excluding hydrogens is 138 g/mol. The molecule has 0 radical (unpaired) electrons. The van der Waals surface area contributed by atoms with Gasteiger partial charge in [-0.25, -0.2) is 0 Å². The van der Waals surface area contributed by atoms with Gasteiger partial charge in [0.05, 0.1) is 5.04 Å². The van der Waals surface area contributed by atoms with Gasteiger partial charge in [0.25, 0.3) is 0 Å². The van der Waals surface area contributed by atoms with Gasteiger partial charge in [0, 0.05) is 0 Å². The molecule has 0 heterocycles. The number of thiol groups is 2. The summed E-state index contributed by atoms with van der Waals surface area (Å²) >= 11 is 7.79. The third-order valence-electron chi connectivity index (χ3n) is 0.666. The van der Waals surface area contributed by atoms with Crippen LogP contribution in [0.2, 0.25) is 0 Å². The van der Waals surface area contributed by atoms with E-state index in [0.29, 0.717) is 0 Å². The van der Waals surface area contributed by atoms with Crippen molar-refractivity contribution in [1.82, 2.24) is 0 Å². The van der Waals surface area contributed by atoms with E-state index in [0.717, 1.165) is 11.3 Å². The average Bonchev–Trinajstić information content (AvgIpc) is 1.65. The van der Waals surface area contributed by atoms with Gasteiger partial charge in [-0.3, -0.25) is 5.41 Å². The summed E-state index contributed by atoms with van der Waals surface area (Å²) in [6.07, 6.45) is 2.48. The Morgan fingerprint density at radius 1 is 1.62 bits per heavy atom. The van der Waals surface area contributed by atoms with Crippen LogP contribution in [0.15, 0.2) is 11.0 Å². The van der Waals surface area contributed by atoms with E-state index in [4.69, 9.17) is 5.41 Å². The molecule has 0 spiro atoms. The average molecular weight is 147 g/mol. The summed E-state index contributed by atoms with van der Waals surface area (Å²) in [6, 6.07) is 0. The summed E-state index contributed by atoms with van der Waals surface area (Å²) in [5.74, 6) is 0. The van der Waals surface area contributed by atoms with Crippen molar-refractivity contribution in [3.63, 3.8) is 0 Å². The summed E-state index contributed by atoms with van der Waals surface area (Å²) in [7, 11) is 0. The quantitative estimate of drug-likeness (QED) is 0.303. The van der Waals surface area contributed by atoms with Crippen molar-refractivity contribution < 1.29 is 0 Å². The van der Waals surface area contributed by atoms with Gasteiger partial charge in [-0.2, -0.15) is 0 Å². The van der Waals surface area contributed by atoms with Crippen LogP contribution in [0.3, 0.4) is 0 Å². The Labute approximate surface area is 60.5 Å². The lowest BCUT2D eigenvalue weighted by molar-refractivity contribution is 1.21. The van der Waals surface area contributed by atoms with Crippen molar-refractivity contribution in [3.8, 4) is 0 Å². The molecule has 0 aromatic carbocycles. The molecule has 0 aromatic heterocycles. The minimum absolute atomic E-state index is 0.261. The number of allylic oxidation sites excluding steroid dienone is 1. The van der Waals surface area contributed by atoms with E-state index in [-0.39, 0.29) is 5.04 Å². The van der Waals surface area contributed by atoms with Gasteiger partial charge in [0.2, 0.25) is 0 Å². The zero-order valence-electron chi connectivity index (χ0n) is 4.68. The third kappa shape index (κ3) is 4.27. The van der Waals surface area contributed by atoms with E-state index in [2.05, 4.69) is 25.3 Å². The normalized spacial score (nSPS) is 11.6. The van der Waals surface area contributed by atoms with E-state index >= 15 is 0 Å². The maximum absolute atomic E-state index is 6.87. The highest BCUT2D eigenvalue weighted by Crippen LogP contribution is 2.04. The first-order valence-electron chi connectivity index (χ1n) is 2.34. The Kier molecular flexibility index (Phi) is 4.09. The molecule has 0 unspecified atom stereocenters. The van der Waals surface area contributed by atoms with Crippen LogP contribution in [0.1, 0.15) is 13.3 Å². The molecule has 0 bridgehead atoms. The molecule has 0 aliphatic rings. The van der Waals surface area contributed by atoms with Gasteiger partial charge in [0.1, 0.15) is 0 Å². The molecule has 1 N–H and O–H groups in total. The zero-order valence-corrected chi connectivity index (χ0v) is 6.47. The van der Waals surface area contributed by atoms with Crippen molar-refractivity contribution in [2.75, 3.05) is 0 Å². The zero-order chi connectivity index (χ0) is 6.57. The van der Waals surface area contributed by atoms with E-state index in [1.54, 1.807) is 6.08 Å². The lowest BCUT2D eigenvalue weighted by Crippen LogP contribution is -1.76. The molecular formula is C5H9NS2. The Morgan fingerprint density at radius 2 is 2.12 bits per heavy atom. The van der Waals surface area contributed by atoms with Crippen molar-refractivity contribution >= 4 is 30.3 Å². The van der Waals surface area contributed by atoms with E-state index in [9.17, 15) is 0 Å². The molecule has 0 atom stereocenters. The first-order valence-corrected chi connectivity index (χ1v) is 3.23. The molecule has 0 rings (SSSR count). The number of hydrogen-bond acceptors (Lipinski definition) is 2. The van der Waals surface area contributed by atoms with Crippen LogP contribution >= 0.6 is 25.3 Å². The van der Waals surface area contributed by atoms with Gasteiger partial charge in [-0.1, -0.05) is 6.92 Å². The van der Waals surface area contributed by atoms with Gasteiger partial charge in [-0.05, 0) is 17.4 Å². The molecule has 3 heteroatoms. The molecule has 0 aliphatic carbocycles. The minimum atomic E-state index is 0.261. The van der Waals surface area contributed by atoms with E-state index in [1.807, 2.05) is 6.92 Å². The fourth-order valence-corrected chi connectivity index (χ4v) is 0.647. The van der Waals surface area contributed by atoms with Crippen molar-refractivity contribution in [3.05, 3.63) is 11.0 Å². The van der Waals surface area contributed by atoms with Gasteiger partial charge in [-0.15, -0.1) is 25.3 Å². The highest BCUT2D eigenvalue weighted by Gasteiger charge is 1.83. The van der Waals surface area contributed by atoms with Crippen LogP contribution in [-0.2, 0) is 0 Å². The number of rotatable bonds is 2. The first-order chi connectivity index (χ1) is 3.66. The van der Waals surface area contributed by atoms with Crippen LogP contribution in [0.4, 0.5) is 0 Å². The molecule has 8 heavy (non-hydrogen) atoms. The summed E-state index contributed by atoms with van der Waals surface area (Å²) in [6.45, 7) is 1.98. The second-order valence-electron chi connectivity index (χ2n) is 1.37. The minimum Gasteiger partial charge on any atom is -0.294 e. The molecule has 0 amide bonds. The summed E-state index contributed by atoms with van der Waals surface area (Å²) in [4.78, 5) is 0.894. The van der Waals surface area contributed by atoms with E-state index < -0.39 is 0 Å². The Morgan fingerprint density at radius 3 is 2.25 bits per heavy atom. The molecule has 0 fully saturated rings. The summed E-state index contributed by atoms with van der Waals surface area (Å²) < 4.78 is 0. The van der Waals surface area contributed by atoms with Gasteiger partial charge in [0.15, 0.2) is 0 Å². The van der Waals surface area contributed by atoms with Gasteiger partial charge >= 0.3 is 0 Å². The SMILES string of the molecule is CC/C(S)=C/C(=N)S. The van der Waals surface area contributed by atoms with Crippen LogP contribution < -0.4 is 0 Å². The highest BCUT2D eigenvalue weighted by molar-refractivity contribution is 7.97. The largest absolute Gasteiger partial charge is 0.294 e. The molecule has 0 aliphatic heterocycles. The predicted octanol–water partition coefficient (Wildman–Crippen LogP) is 2.12. The summed E-state index contributed by atoms with van der Waals surface area (Å²) in [5, 5.41) is 7.13. The molecule has 0 saturated carbocycles. The molecule has 0 aromatic rings. The van der Waals surface area contributed by atoms with Crippen LogP contribution in [0, 0.1) is 5.41 Å².